The molecule has 4 nitrogen and oxygen atoms in total. The highest BCUT2D eigenvalue weighted by molar-refractivity contribution is 5.94. The number of carbonyl (C=O) groups excluding carboxylic acids is 1. The van der Waals surface area contributed by atoms with Crippen molar-refractivity contribution in [1.29, 1.82) is 0 Å². The van der Waals surface area contributed by atoms with E-state index in [0.717, 1.165) is 18.5 Å². The smallest absolute Gasteiger partial charge is 0.387 e. The summed E-state index contributed by atoms with van der Waals surface area (Å²) >= 11 is 0. The first-order chi connectivity index (χ1) is 12.1. The Morgan fingerprint density at radius 2 is 1.96 bits per heavy atom. The predicted molar refractivity (Wildman–Crippen MR) is 92.0 cm³/mol. The first-order valence-electron chi connectivity index (χ1n) is 8.00. The molecule has 0 aliphatic carbocycles. The molecular formula is C19H18F2N2O2. The van der Waals surface area contributed by atoms with Crippen molar-refractivity contribution in [3.8, 4) is 5.75 Å². The summed E-state index contributed by atoms with van der Waals surface area (Å²) in [6.07, 6.45) is 2.79. The highest BCUT2D eigenvalue weighted by Crippen LogP contribution is 2.16. The number of hydrogen-bond donors (Lipinski definition) is 1. The van der Waals surface area contributed by atoms with Gasteiger partial charge in [-0.15, -0.1) is 0 Å². The Hall–Kier alpha value is -2.89. The quantitative estimate of drug-likeness (QED) is 0.657. The molecule has 0 aliphatic rings. The molecule has 130 valence electrons. The molecule has 1 amide bonds. The van der Waals surface area contributed by atoms with Crippen molar-refractivity contribution in [2.45, 2.75) is 19.6 Å². The molecular weight excluding hydrogens is 326 g/mol. The average molecular weight is 344 g/mol. The average Bonchev–Trinajstić information content (AvgIpc) is 3.01. The first-order valence-corrected chi connectivity index (χ1v) is 8.00. The number of para-hydroxylation sites is 1. The highest BCUT2D eigenvalue weighted by atomic mass is 19.3. The van der Waals surface area contributed by atoms with Gasteiger partial charge in [-0.05, 0) is 42.1 Å². The number of alkyl halides is 2. The lowest BCUT2D eigenvalue weighted by atomic mass is 10.2. The lowest BCUT2D eigenvalue weighted by molar-refractivity contribution is -0.0498. The molecule has 3 rings (SSSR count). The lowest BCUT2D eigenvalue weighted by Crippen LogP contribution is -2.25. The fraction of sp³-hybridized carbons (Fsp3) is 0.211. The maximum Gasteiger partial charge on any atom is 0.387 e. The molecule has 0 saturated heterocycles. The van der Waals surface area contributed by atoms with Gasteiger partial charge in [0.15, 0.2) is 0 Å². The van der Waals surface area contributed by atoms with E-state index in [2.05, 4.69) is 32.8 Å². The summed E-state index contributed by atoms with van der Waals surface area (Å²) in [4.78, 5) is 12.1. The van der Waals surface area contributed by atoms with E-state index in [1.807, 2.05) is 18.3 Å². The van der Waals surface area contributed by atoms with Crippen LogP contribution >= 0.6 is 0 Å². The summed E-state index contributed by atoms with van der Waals surface area (Å²) < 4.78 is 30.9. The zero-order chi connectivity index (χ0) is 17.6. The van der Waals surface area contributed by atoms with Gasteiger partial charge in [0.1, 0.15) is 5.75 Å². The second-order valence-electron chi connectivity index (χ2n) is 5.58. The third-order valence-corrected chi connectivity index (χ3v) is 3.86. The van der Waals surface area contributed by atoms with Gasteiger partial charge in [0.2, 0.25) is 0 Å². The number of benzene rings is 2. The van der Waals surface area contributed by atoms with Gasteiger partial charge in [-0.3, -0.25) is 4.79 Å². The Morgan fingerprint density at radius 3 is 2.80 bits per heavy atom. The van der Waals surface area contributed by atoms with Crippen LogP contribution in [0.5, 0.6) is 5.75 Å². The van der Waals surface area contributed by atoms with Crippen LogP contribution in [0.4, 0.5) is 8.78 Å². The molecule has 0 aliphatic heterocycles. The monoisotopic (exact) mass is 344 g/mol. The van der Waals surface area contributed by atoms with E-state index in [0.29, 0.717) is 12.1 Å². The van der Waals surface area contributed by atoms with Crippen LogP contribution in [0.1, 0.15) is 16.8 Å². The van der Waals surface area contributed by atoms with E-state index in [4.69, 9.17) is 0 Å². The molecule has 0 bridgehead atoms. The zero-order valence-corrected chi connectivity index (χ0v) is 13.5. The van der Waals surface area contributed by atoms with Crippen molar-refractivity contribution in [3.05, 3.63) is 66.4 Å². The molecule has 3 aromatic rings. The molecule has 0 saturated carbocycles. The van der Waals surface area contributed by atoms with Crippen LogP contribution in [-0.4, -0.2) is 23.6 Å². The van der Waals surface area contributed by atoms with E-state index < -0.39 is 6.61 Å². The minimum absolute atomic E-state index is 0.0264. The van der Waals surface area contributed by atoms with Crippen molar-refractivity contribution < 1.29 is 18.3 Å². The van der Waals surface area contributed by atoms with Gasteiger partial charge in [-0.1, -0.05) is 24.3 Å². The Kier molecular flexibility index (Phi) is 5.28. The number of halogens is 2. The molecule has 0 atom stereocenters. The maximum absolute atomic E-state index is 12.2. The van der Waals surface area contributed by atoms with Crippen molar-refractivity contribution >= 4 is 16.8 Å². The van der Waals surface area contributed by atoms with Gasteiger partial charge >= 0.3 is 6.61 Å². The van der Waals surface area contributed by atoms with Crippen molar-refractivity contribution in [3.63, 3.8) is 0 Å². The molecule has 1 heterocycles. The van der Waals surface area contributed by atoms with Gasteiger partial charge in [0, 0.05) is 30.4 Å². The first kappa shape index (κ1) is 17.0. The summed E-state index contributed by atoms with van der Waals surface area (Å²) in [5.74, 6) is -0.335. The molecule has 6 heteroatoms. The fourth-order valence-electron chi connectivity index (χ4n) is 2.70. The van der Waals surface area contributed by atoms with Crippen LogP contribution < -0.4 is 10.1 Å². The second-order valence-corrected chi connectivity index (χ2v) is 5.58. The van der Waals surface area contributed by atoms with Crippen LogP contribution in [0, 0.1) is 0 Å². The Balaban J connectivity index is 1.51. The highest BCUT2D eigenvalue weighted by Gasteiger charge is 2.09. The zero-order valence-electron chi connectivity index (χ0n) is 13.5. The van der Waals surface area contributed by atoms with E-state index >= 15 is 0 Å². The normalized spacial score (nSPS) is 11.0. The molecule has 0 spiro atoms. The number of aromatic nitrogens is 1. The molecule has 25 heavy (non-hydrogen) atoms. The Morgan fingerprint density at radius 1 is 1.12 bits per heavy atom. The van der Waals surface area contributed by atoms with E-state index in [1.54, 1.807) is 6.07 Å². The number of amides is 1. The predicted octanol–water partition coefficient (Wildman–Crippen LogP) is 4.06. The van der Waals surface area contributed by atoms with Crippen molar-refractivity contribution in [2.75, 3.05) is 6.54 Å². The van der Waals surface area contributed by atoms with E-state index in [9.17, 15) is 13.6 Å². The molecule has 1 N–H and O–H groups in total. The SMILES string of the molecule is O=C(NCCCn1ccc2ccccc21)c1cccc(OC(F)F)c1. The summed E-state index contributed by atoms with van der Waals surface area (Å²) in [6, 6.07) is 15.9. The number of carbonyl (C=O) groups is 1. The number of fused-ring (bicyclic) bond motifs is 1. The molecule has 2 aromatic carbocycles. The molecule has 1 aromatic heterocycles. The minimum Gasteiger partial charge on any atom is -0.435 e. The van der Waals surface area contributed by atoms with Crippen molar-refractivity contribution in [1.82, 2.24) is 9.88 Å². The van der Waals surface area contributed by atoms with Crippen LogP contribution in [0.2, 0.25) is 0 Å². The minimum atomic E-state index is -2.91. The second kappa shape index (κ2) is 7.79. The third-order valence-electron chi connectivity index (χ3n) is 3.86. The van der Waals surface area contributed by atoms with Gasteiger partial charge in [0.05, 0.1) is 0 Å². The van der Waals surface area contributed by atoms with E-state index in [-0.39, 0.29) is 11.7 Å². The Labute approximate surface area is 144 Å². The van der Waals surface area contributed by atoms with Crippen LogP contribution in [0.15, 0.2) is 60.8 Å². The summed E-state index contributed by atoms with van der Waals surface area (Å²) in [6.45, 7) is -1.64. The topological polar surface area (TPSA) is 43.3 Å². The summed E-state index contributed by atoms with van der Waals surface area (Å²) in [5.41, 5.74) is 1.45. The van der Waals surface area contributed by atoms with Gasteiger partial charge in [-0.2, -0.15) is 8.78 Å². The number of rotatable bonds is 7. The maximum atomic E-state index is 12.2. The van der Waals surface area contributed by atoms with Gasteiger partial charge < -0.3 is 14.6 Å². The summed E-state index contributed by atoms with van der Waals surface area (Å²) in [7, 11) is 0. The van der Waals surface area contributed by atoms with Crippen LogP contribution in [0.3, 0.4) is 0 Å². The number of aryl methyl sites for hydroxylation is 1. The van der Waals surface area contributed by atoms with Crippen LogP contribution in [-0.2, 0) is 6.54 Å². The number of nitrogens with zero attached hydrogens (tertiary/aromatic N) is 1. The summed E-state index contributed by atoms with van der Waals surface area (Å²) in [5, 5.41) is 3.98. The molecule has 0 unspecified atom stereocenters. The largest absolute Gasteiger partial charge is 0.435 e. The number of hydrogen-bond acceptors (Lipinski definition) is 2. The van der Waals surface area contributed by atoms with Crippen molar-refractivity contribution in [2.24, 2.45) is 0 Å². The van der Waals surface area contributed by atoms with Gasteiger partial charge in [-0.25, -0.2) is 0 Å². The standard InChI is InChI=1S/C19H18F2N2O2/c20-19(21)25-16-7-3-6-15(13-16)18(24)22-10-4-11-23-12-9-14-5-1-2-8-17(14)23/h1-3,5-9,12-13,19H,4,10-11H2,(H,22,24). The fourth-order valence-corrected chi connectivity index (χ4v) is 2.70. The molecule has 0 fully saturated rings. The van der Waals surface area contributed by atoms with Crippen LogP contribution in [0.25, 0.3) is 10.9 Å². The van der Waals surface area contributed by atoms with Gasteiger partial charge in [0.25, 0.3) is 5.91 Å². The number of nitrogens with one attached hydrogen (secondary N) is 1. The lowest BCUT2D eigenvalue weighted by Gasteiger charge is -2.09. The third kappa shape index (κ3) is 4.35. The number of ether oxygens (including phenoxy) is 1. The van der Waals surface area contributed by atoms with E-state index in [1.165, 1.54) is 23.6 Å². The Bertz CT molecular complexity index is 861. The molecule has 0 radical (unpaired) electrons.